The molecule has 2 heterocycles. The highest BCUT2D eigenvalue weighted by Crippen LogP contribution is 2.42. The molecule has 3 unspecified atom stereocenters. The standard InChI is InChI=1S/C7H9NO3S/c1-3(9)5-6(11)8-2-4(10)12-7(5)8/h3,5,7,9H,2H2,1H3. The molecule has 0 aromatic heterocycles. The molecule has 1 N–H and O–H groups in total. The molecule has 0 aromatic carbocycles. The molecule has 4 nitrogen and oxygen atoms in total. The molecular weight excluding hydrogens is 178 g/mol. The van der Waals surface area contributed by atoms with E-state index in [1.54, 1.807) is 6.92 Å². The molecule has 0 saturated carbocycles. The zero-order chi connectivity index (χ0) is 8.88. The summed E-state index contributed by atoms with van der Waals surface area (Å²) in [4.78, 5) is 23.7. The summed E-state index contributed by atoms with van der Waals surface area (Å²) >= 11 is 1.16. The maximum Gasteiger partial charge on any atom is 0.232 e. The molecule has 2 rings (SSSR count). The summed E-state index contributed by atoms with van der Waals surface area (Å²) in [6, 6.07) is 0. The molecule has 0 aliphatic carbocycles. The number of hydrogen-bond donors (Lipinski definition) is 1. The summed E-state index contributed by atoms with van der Waals surface area (Å²) < 4.78 is 0. The van der Waals surface area contributed by atoms with Crippen molar-refractivity contribution in [2.45, 2.75) is 18.4 Å². The van der Waals surface area contributed by atoms with Crippen LogP contribution in [0.5, 0.6) is 0 Å². The number of amides is 1. The second kappa shape index (κ2) is 2.47. The van der Waals surface area contributed by atoms with E-state index in [1.807, 2.05) is 0 Å². The second-order valence-corrected chi connectivity index (χ2v) is 4.29. The van der Waals surface area contributed by atoms with Crippen LogP contribution >= 0.6 is 11.8 Å². The summed E-state index contributed by atoms with van der Waals surface area (Å²) in [6.45, 7) is 1.81. The van der Waals surface area contributed by atoms with Crippen molar-refractivity contribution >= 4 is 22.8 Å². The first-order chi connectivity index (χ1) is 5.61. The van der Waals surface area contributed by atoms with Gasteiger partial charge >= 0.3 is 0 Å². The van der Waals surface area contributed by atoms with Crippen molar-refractivity contribution in [2.24, 2.45) is 5.92 Å². The van der Waals surface area contributed by atoms with Crippen molar-refractivity contribution in [2.75, 3.05) is 6.54 Å². The number of thioether (sulfide) groups is 1. The van der Waals surface area contributed by atoms with Crippen LogP contribution in [-0.4, -0.2) is 39.1 Å². The van der Waals surface area contributed by atoms with E-state index in [9.17, 15) is 14.7 Å². The first-order valence-corrected chi connectivity index (χ1v) is 4.67. The Hall–Kier alpha value is -0.550. The van der Waals surface area contributed by atoms with Crippen molar-refractivity contribution in [1.82, 2.24) is 4.90 Å². The Kier molecular flexibility index (Phi) is 1.66. The number of aliphatic hydroxyl groups excluding tert-OH is 1. The lowest BCUT2D eigenvalue weighted by atomic mass is 9.93. The van der Waals surface area contributed by atoms with E-state index >= 15 is 0 Å². The van der Waals surface area contributed by atoms with Gasteiger partial charge in [-0.1, -0.05) is 11.8 Å². The van der Waals surface area contributed by atoms with Gasteiger partial charge in [-0.2, -0.15) is 0 Å². The minimum Gasteiger partial charge on any atom is -0.392 e. The molecule has 2 aliphatic heterocycles. The fourth-order valence-electron chi connectivity index (χ4n) is 1.61. The van der Waals surface area contributed by atoms with Crippen LogP contribution < -0.4 is 0 Å². The van der Waals surface area contributed by atoms with Crippen molar-refractivity contribution in [1.29, 1.82) is 0 Å². The van der Waals surface area contributed by atoms with Crippen LogP contribution in [0.4, 0.5) is 0 Å². The molecule has 0 spiro atoms. The Labute approximate surface area is 73.9 Å². The molecule has 12 heavy (non-hydrogen) atoms. The number of β-lactam (4-membered cyclic amide) rings is 1. The predicted molar refractivity (Wildman–Crippen MR) is 43.3 cm³/mol. The summed E-state index contributed by atoms with van der Waals surface area (Å²) in [7, 11) is 0. The van der Waals surface area contributed by atoms with E-state index in [1.165, 1.54) is 4.90 Å². The van der Waals surface area contributed by atoms with E-state index in [2.05, 4.69) is 0 Å². The third kappa shape index (κ3) is 0.895. The maximum absolute atomic E-state index is 11.2. The quantitative estimate of drug-likeness (QED) is 0.558. The lowest BCUT2D eigenvalue weighted by molar-refractivity contribution is -0.156. The zero-order valence-electron chi connectivity index (χ0n) is 6.56. The van der Waals surface area contributed by atoms with Crippen molar-refractivity contribution < 1.29 is 14.7 Å². The summed E-state index contributed by atoms with van der Waals surface area (Å²) in [5, 5.41) is 9.14. The van der Waals surface area contributed by atoms with Crippen molar-refractivity contribution in [3.8, 4) is 0 Å². The molecule has 0 radical (unpaired) electrons. The monoisotopic (exact) mass is 187 g/mol. The van der Waals surface area contributed by atoms with Crippen molar-refractivity contribution in [3.63, 3.8) is 0 Å². The largest absolute Gasteiger partial charge is 0.392 e. The van der Waals surface area contributed by atoms with Gasteiger partial charge in [0.15, 0.2) is 0 Å². The van der Waals surface area contributed by atoms with Gasteiger partial charge in [0.25, 0.3) is 0 Å². The lowest BCUT2D eigenvalue weighted by Gasteiger charge is -2.42. The smallest absolute Gasteiger partial charge is 0.232 e. The maximum atomic E-state index is 11.2. The van der Waals surface area contributed by atoms with Gasteiger partial charge < -0.3 is 10.0 Å². The highest BCUT2D eigenvalue weighted by molar-refractivity contribution is 8.14. The summed E-state index contributed by atoms with van der Waals surface area (Å²) in [5.74, 6) is -0.449. The minimum atomic E-state index is -0.642. The Balaban J connectivity index is 2.13. The zero-order valence-corrected chi connectivity index (χ0v) is 7.37. The average molecular weight is 187 g/mol. The van der Waals surface area contributed by atoms with Crippen LogP contribution in [0.2, 0.25) is 0 Å². The van der Waals surface area contributed by atoms with Crippen LogP contribution in [0, 0.1) is 5.92 Å². The molecular formula is C7H9NO3S. The molecule has 5 heteroatoms. The van der Waals surface area contributed by atoms with Gasteiger partial charge in [-0.25, -0.2) is 0 Å². The molecule has 2 aliphatic rings. The SMILES string of the molecule is CC(O)C1C(=O)N2CC(=O)SC12. The lowest BCUT2D eigenvalue weighted by Crippen LogP contribution is -2.60. The second-order valence-electron chi connectivity index (χ2n) is 3.11. The topological polar surface area (TPSA) is 57.6 Å². The third-order valence-electron chi connectivity index (χ3n) is 2.25. The van der Waals surface area contributed by atoms with Gasteiger partial charge in [0, 0.05) is 0 Å². The first kappa shape index (κ1) is 8.07. The number of rotatable bonds is 1. The summed E-state index contributed by atoms with van der Waals surface area (Å²) in [5.41, 5.74) is 0. The predicted octanol–water partition coefficient (Wildman–Crippen LogP) is -0.575. The van der Waals surface area contributed by atoms with Gasteiger partial charge in [0.05, 0.1) is 23.9 Å². The Morgan fingerprint density at radius 1 is 1.67 bits per heavy atom. The van der Waals surface area contributed by atoms with E-state index in [0.29, 0.717) is 0 Å². The minimum absolute atomic E-state index is 0.0245. The fraction of sp³-hybridized carbons (Fsp3) is 0.714. The molecule has 0 aromatic rings. The third-order valence-corrected chi connectivity index (χ3v) is 3.44. The van der Waals surface area contributed by atoms with Crippen molar-refractivity contribution in [3.05, 3.63) is 0 Å². The van der Waals surface area contributed by atoms with Crippen LogP contribution in [0.1, 0.15) is 6.92 Å². The van der Waals surface area contributed by atoms with Crippen LogP contribution in [0.15, 0.2) is 0 Å². The van der Waals surface area contributed by atoms with Gasteiger partial charge in [-0.15, -0.1) is 0 Å². The van der Waals surface area contributed by atoms with E-state index in [-0.39, 0.29) is 28.9 Å². The number of nitrogens with zero attached hydrogens (tertiary/aromatic N) is 1. The Morgan fingerprint density at radius 3 is 2.92 bits per heavy atom. The molecule has 0 bridgehead atoms. The van der Waals surface area contributed by atoms with Gasteiger partial charge in [-0.3, -0.25) is 9.59 Å². The number of fused-ring (bicyclic) bond motifs is 1. The summed E-state index contributed by atoms with van der Waals surface area (Å²) in [6.07, 6.45) is -0.642. The number of hydrogen-bond acceptors (Lipinski definition) is 4. The van der Waals surface area contributed by atoms with E-state index < -0.39 is 6.10 Å². The molecule has 1 amide bonds. The van der Waals surface area contributed by atoms with E-state index in [0.717, 1.165) is 11.8 Å². The number of carbonyl (C=O) groups excluding carboxylic acids is 2. The molecule has 2 fully saturated rings. The normalized spacial score (nSPS) is 36.3. The average Bonchev–Trinajstić information content (AvgIpc) is 2.28. The van der Waals surface area contributed by atoms with Crippen LogP contribution in [-0.2, 0) is 9.59 Å². The van der Waals surface area contributed by atoms with E-state index in [4.69, 9.17) is 0 Å². The highest BCUT2D eigenvalue weighted by atomic mass is 32.2. The first-order valence-electron chi connectivity index (χ1n) is 3.79. The number of carbonyl (C=O) groups is 2. The van der Waals surface area contributed by atoms with Crippen LogP contribution in [0.3, 0.4) is 0 Å². The van der Waals surface area contributed by atoms with Gasteiger partial charge in [-0.05, 0) is 6.92 Å². The fourth-order valence-corrected chi connectivity index (χ4v) is 2.89. The number of aliphatic hydroxyl groups is 1. The van der Waals surface area contributed by atoms with Gasteiger partial charge in [0.1, 0.15) is 0 Å². The molecule has 66 valence electrons. The Bertz CT molecular complexity index is 253. The molecule has 3 atom stereocenters. The Morgan fingerprint density at radius 2 is 2.33 bits per heavy atom. The van der Waals surface area contributed by atoms with Gasteiger partial charge in [0.2, 0.25) is 11.0 Å². The molecule has 2 saturated heterocycles. The highest BCUT2D eigenvalue weighted by Gasteiger charge is 2.55. The van der Waals surface area contributed by atoms with Crippen LogP contribution in [0.25, 0.3) is 0 Å².